The molecule has 0 aromatic heterocycles. The van der Waals surface area contributed by atoms with Crippen LogP contribution in [0.4, 0.5) is 5.69 Å². The zero-order valence-corrected chi connectivity index (χ0v) is 13.2. The maximum Gasteiger partial charge on any atom is 0.241 e. The van der Waals surface area contributed by atoms with E-state index in [1.807, 2.05) is 73.5 Å². The Hall–Kier alpha value is -2.33. The molecular formula is C18H22N2O2. The van der Waals surface area contributed by atoms with Gasteiger partial charge in [-0.25, -0.2) is 0 Å². The molecule has 2 aromatic carbocycles. The van der Waals surface area contributed by atoms with Gasteiger partial charge in [0, 0.05) is 12.2 Å². The number of nitrogens with zero attached hydrogens (tertiary/aromatic N) is 1. The number of hydrogen-bond donors (Lipinski definition) is 1. The number of para-hydroxylation sites is 1. The van der Waals surface area contributed by atoms with Crippen molar-refractivity contribution < 1.29 is 9.53 Å². The van der Waals surface area contributed by atoms with Gasteiger partial charge in [-0.3, -0.25) is 9.69 Å². The van der Waals surface area contributed by atoms with E-state index in [0.717, 1.165) is 17.0 Å². The number of carbonyl (C=O) groups is 1. The minimum Gasteiger partial charge on any atom is -0.497 e. The van der Waals surface area contributed by atoms with E-state index in [1.165, 1.54) is 0 Å². The number of anilines is 1. The highest BCUT2D eigenvalue weighted by Crippen LogP contribution is 2.15. The van der Waals surface area contributed by atoms with Gasteiger partial charge < -0.3 is 10.1 Å². The van der Waals surface area contributed by atoms with Crippen LogP contribution in [0.15, 0.2) is 54.6 Å². The number of hydrogen-bond acceptors (Lipinski definition) is 3. The van der Waals surface area contributed by atoms with E-state index in [4.69, 9.17) is 4.74 Å². The van der Waals surface area contributed by atoms with Crippen LogP contribution in [-0.2, 0) is 11.3 Å². The molecule has 2 rings (SSSR count). The molecule has 0 unspecified atom stereocenters. The normalized spacial score (nSPS) is 12.0. The highest BCUT2D eigenvalue weighted by molar-refractivity contribution is 5.94. The quantitative estimate of drug-likeness (QED) is 0.890. The van der Waals surface area contributed by atoms with Gasteiger partial charge in [-0.05, 0) is 43.8 Å². The predicted octanol–water partition coefficient (Wildman–Crippen LogP) is 3.15. The van der Waals surface area contributed by atoms with Crippen LogP contribution in [0.1, 0.15) is 12.5 Å². The van der Waals surface area contributed by atoms with Crippen molar-refractivity contribution in [2.75, 3.05) is 19.5 Å². The molecule has 0 spiro atoms. The fourth-order valence-electron chi connectivity index (χ4n) is 2.16. The van der Waals surface area contributed by atoms with E-state index < -0.39 is 0 Å². The molecule has 0 aliphatic heterocycles. The van der Waals surface area contributed by atoms with Gasteiger partial charge in [-0.15, -0.1) is 0 Å². The van der Waals surface area contributed by atoms with Gasteiger partial charge in [0.25, 0.3) is 0 Å². The third kappa shape index (κ3) is 4.33. The van der Waals surface area contributed by atoms with Crippen LogP contribution in [0.2, 0.25) is 0 Å². The predicted molar refractivity (Wildman–Crippen MR) is 89.0 cm³/mol. The van der Waals surface area contributed by atoms with E-state index in [0.29, 0.717) is 6.54 Å². The summed E-state index contributed by atoms with van der Waals surface area (Å²) in [5.74, 6) is 0.809. The summed E-state index contributed by atoms with van der Waals surface area (Å²) in [4.78, 5) is 14.3. The van der Waals surface area contributed by atoms with Crippen LogP contribution in [-0.4, -0.2) is 31.0 Å². The Morgan fingerprint density at radius 3 is 2.59 bits per heavy atom. The van der Waals surface area contributed by atoms with Gasteiger partial charge in [0.1, 0.15) is 5.75 Å². The molecule has 4 heteroatoms. The lowest BCUT2D eigenvalue weighted by Gasteiger charge is -2.24. The van der Waals surface area contributed by atoms with Gasteiger partial charge >= 0.3 is 0 Å². The molecule has 22 heavy (non-hydrogen) atoms. The lowest BCUT2D eigenvalue weighted by atomic mass is 10.1. The van der Waals surface area contributed by atoms with E-state index >= 15 is 0 Å². The molecule has 4 nitrogen and oxygen atoms in total. The summed E-state index contributed by atoms with van der Waals surface area (Å²) in [6.45, 7) is 2.58. The van der Waals surface area contributed by atoms with Gasteiger partial charge in [-0.2, -0.15) is 0 Å². The van der Waals surface area contributed by atoms with Crippen molar-refractivity contribution in [3.8, 4) is 5.75 Å². The smallest absolute Gasteiger partial charge is 0.241 e. The number of likely N-dealkylation sites (N-methyl/N-ethyl adjacent to an activating group) is 1. The Morgan fingerprint density at radius 2 is 1.91 bits per heavy atom. The summed E-state index contributed by atoms with van der Waals surface area (Å²) in [6.07, 6.45) is 0. The summed E-state index contributed by atoms with van der Waals surface area (Å²) >= 11 is 0. The molecule has 116 valence electrons. The van der Waals surface area contributed by atoms with Crippen LogP contribution in [0.25, 0.3) is 0 Å². The molecule has 0 fully saturated rings. The van der Waals surface area contributed by atoms with Crippen molar-refractivity contribution in [2.45, 2.75) is 19.5 Å². The van der Waals surface area contributed by atoms with Crippen LogP contribution in [0.3, 0.4) is 0 Å². The molecule has 0 aliphatic carbocycles. The first kappa shape index (κ1) is 16.0. The second-order valence-electron chi connectivity index (χ2n) is 5.30. The first-order chi connectivity index (χ1) is 10.6. The van der Waals surface area contributed by atoms with Gasteiger partial charge in [0.2, 0.25) is 5.91 Å². The van der Waals surface area contributed by atoms with E-state index in [2.05, 4.69) is 5.32 Å². The van der Waals surface area contributed by atoms with Crippen LogP contribution in [0, 0.1) is 0 Å². The first-order valence-electron chi connectivity index (χ1n) is 7.29. The van der Waals surface area contributed by atoms with Gasteiger partial charge in [-0.1, -0.05) is 30.3 Å². The second-order valence-corrected chi connectivity index (χ2v) is 5.30. The fraction of sp³-hybridized carbons (Fsp3) is 0.278. The van der Waals surface area contributed by atoms with Crippen molar-refractivity contribution in [2.24, 2.45) is 0 Å². The Balaban J connectivity index is 1.96. The van der Waals surface area contributed by atoms with Gasteiger partial charge in [0.15, 0.2) is 0 Å². The fourth-order valence-corrected chi connectivity index (χ4v) is 2.16. The van der Waals surface area contributed by atoms with Crippen molar-refractivity contribution in [3.63, 3.8) is 0 Å². The number of rotatable bonds is 6. The second kappa shape index (κ2) is 7.61. The maximum absolute atomic E-state index is 12.3. The average molecular weight is 298 g/mol. The minimum absolute atomic E-state index is 0.0170. The Bertz CT molecular complexity index is 613. The molecule has 1 N–H and O–H groups in total. The monoisotopic (exact) mass is 298 g/mol. The standard InChI is InChI=1S/C18H22N2O2/c1-14(18(21)19-16-9-5-4-6-10-16)20(2)13-15-8-7-11-17(12-15)22-3/h4-12,14H,13H2,1-3H3,(H,19,21)/t14-/m1/s1. The molecule has 1 atom stereocenters. The zero-order valence-electron chi connectivity index (χ0n) is 13.2. The summed E-state index contributed by atoms with van der Waals surface area (Å²) in [5, 5.41) is 2.93. The molecule has 1 amide bonds. The maximum atomic E-state index is 12.3. The molecule has 0 aliphatic rings. The number of ether oxygens (including phenoxy) is 1. The van der Waals surface area contributed by atoms with Crippen LogP contribution < -0.4 is 10.1 Å². The molecule has 0 heterocycles. The van der Waals surface area contributed by atoms with Gasteiger partial charge in [0.05, 0.1) is 13.2 Å². The summed E-state index contributed by atoms with van der Waals surface area (Å²) in [5.41, 5.74) is 1.93. The number of benzene rings is 2. The summed E-state index contributed by atoms with van der Waals surface area (Å²) < 4.78 is 5.23. The van der Waals surface area contributed by atoms with Crippen LogP contribution in [0.5, 0.6) is 5.75 Å². The van der Waals surface area contributed by atoms with E-state index in [-0.39, 0.29) is 11.9 Å². The van der Waals surface area contributed by atoms with Crippen molar-refractivity contribution >= 4 is 11.6 Å². The summed E-state index contributed by atoms with van der Waals surface area (Å²) in [6, 6.07) is 17.1. The number of amides is 1. The van der Waals surface area contributed by atoms with E-state index in [9.17, 15) is 4.79 Å². The Morgan fingerprint density at radius 1 is 1.18 bits per heavy atom. The van der Waals surface area contributed by atoms with Crippen LogP contribution >= 0.6 is 0 Å². The SMILES string of the molecule is COc1cccc(CN(C)[C@H](C)C(=O)Nc2ccccc2)c1. The summed E-state index contributed by atoms with van der Waals surface area (Å²) in [7, 11) is 3.59. The zero-order chi connectivity index (χ0) is 15.9. The number of methoxy groups -OCH3 is 1. The first-order valence-corrected chi connectivity index (χ1v) is 7.29. The van der Waals surface area contributed by atoms with E-state index in [1.54, 1.807) is 7.11 Å². The third-order valence-electron chi connectivity index (χ3n) is 3.65. The molecule has 0 saturated heterocycles. The average Bonchev–Trinajstić information content (AvgIpc) is 2.55. The topological polar surface area (TPSA) is 41.6 Å². The highest BCUT2D eigenvalue weighted by atomic mass is 16.5. The highest BCUT2D eigenvalue weighted by Gasteiger charge is 2.18. The Labute approximate surface area is 131 Å². The Kier molecular flexibility index (Phi) is 5.55. The molecular weight excluding hydrogens is 276 g/mol. The largest absolute Gasteiger partial charge is 0.497 e. The molecule has 0 bridgehead atoms. The number of nitrogens with one attached hydrogen (secondary N) is 1. The van der Waals surface area contributed by atoms with Crippen molar-refractivity contribution in [1.82, 2.24) is 4.90 Å². The lowest BCUT2D eigenvalue weighted by Crippen LogP contribution is -2.39. The van der Waals surface area contributed by atoms with Crippen molar-refractivity contribution in [3.05, 3.63) is 60.2 Å². The third-order valence-corrected chi connectivity index (χ3v) is 3.65. The number of carbonyl (C=O) groups excluding carboxylic acids is 1. The molecule has 2 aromatic rings. The van der Waals surface area contributed by atoms with Crippen molar-refractivity contribution in [1.29, 1.82) is 0 Å². The lowest BCUT2D eigenvalue weighted by molar-refractivity contribution is -0.120. The molecule has 0 radical (unpaired) electrons. The minimum atomic E-state index is -0.230. The molecule has 0 saturated carbocycles.